The molecule has 1 aliphatic heterocycles. The van der Waals surface area contributed by atoms with E-state index in [4.69, 9.17) is 16.3 Å². The first kappa shape index (κ1) is 15.3. The zero-order valence-electron chi connectivity index (χ0n) is 13.1. The number of aromatic amines is 1. The van der Waals surface area contributed by atoms with Gasteiger partial charge in [-0.05, 0) is 19.8 Å². The molecule has 0 bridgehead atoms. The summed E-state index contributed by atoms with van der Waals surface area (Å²) >= 11 is 5.93. The molecule has 1 fully saturated rings. The van der Waals surface area contributed by atoms with Gasteiger partial charge in [0.2, 0.25) is 0 Å². The molecule has 0 atom stereocenters. The van der Waals surface area contributed by atoms with Crippen LogP contribution in [0.15, 0.2) is 6.33 Å². The molecule has 0 radical (unpaired) electrons. The molecular formula is C15H17ClN6O2. The summed E-state index contributed by atoms with van der Waals surface area (Å²) in [6, 6.07) is 0.391. The molecule has 1 aliphatic carbocycles. The van der Waals surface area contributed by atoms with Crippen molar-refractivity contribution >= 4 is 23.3 Å². The molecule has 8 nitrogen and oxygen atoms in total. The van der Waals surface area contributed by atoms with Crippen LogP contribution in [0.3, 0.4) is 0 Å². The number of rotatable bonds is 4. The summed E-state index contributed by atoms with van der Waals surface area (Å²) in [4.78, 5) is 20.8. The van der Waals surface area contributed by atoms with Gasteiger partial charge in [0.25, 0.3) is 5.91 Å². The van der Waals surface area contributed by atoms with E-state index >= 15 is 0 Å². The maximum Gasteiger partial charge on any atom is 0.256 e. The predicted molar refractivity (Wildman–Crippen MR) is 86.8 cm³/mol. The van der Waals surface area contributed by atoms with Crippen LogP contribution in [-0.2, 0) is 18.0 Å². The van der Waals surface area contributed by atoms with Crippen molar-refractivity contribution in [3.05, 3.63) is 34.0 Å². The molecule has 2 aromatic rings. The number of hydrogen-bond acceptors (Lipinski definition) is 6. The number of carbonyl (C=O) groups excluding carboxylic acids is 1. The standard InChI is InChI=1S/C15H17ClN6O2/c1-7-12(13(16)22-21-7)15(23)20-9-2-8(3-9)19-14-10-4-24-5-11(10)17-6-18-14/h6,8-9H,2-5H2,1H3,(H,20,23)(H,21,22)(H,17,18,19). The topological polar surface area (TPSA) is 105 Å². The third kappa shape index (κ3) is 2.71. The Bertz CT molecular complexity index is 767. The number of anilines is 1. The normalized spacial score (nSPS) is 21.9. The lowest BCUT2D eigenvalue weighted by atomic mass is 9.86. The lowest BCUT2D eigenvalue weighted by Gasteiger charge is -2.36. The molecule has 126 valence electrons. The van der Waals surface area contributed by atoms with Crippen LogP contribution in [0.2, 0.25) is 5.15 Å². The Hall–Kier alpha value is -2.19. The van der Waals surface area contributed by atoms with Gasteiger partial charge in [0, 0.05) is 23.3 Å². The van der Waals surface area contributed by atoms with Gasteiger partial charge in [-0.25, -0.2) is 9.97 Å². The Kier molecular flexibility index (Phi) is 3.85. The number of nitrogens with zero attached hydrogens (tertiary/aromatic N) is 3. The van der Waals surface area contributed by atoms with Crippen LogP contribution in [0.25, 0.3) is 0 Å². The van der Waals surface area contributed by atoms with Crippen LogP contribution < -0.4 is 10.6 Å². The number of fused-ring (bicyclic) bond motifs is 1. The van der Waals surface area contributed by atoms with E-state index in [9.17, 15) is 4.79 Å². The van der Waals surface area contributed by atoms with Crippen LogP contribution >= 0.6 is 11.6 Å². The van der Waals surface area contributed by atoms with Crippen molar-refractivity contribution in [1.29, 1.82) is 0 Å². The molecule has 2 aliphatic rings. The van der Waals surface area contributed by atoms with Gasteiger partial charge in [0.05, 0.1) is 24.5 Å². The molecule has 24 heavy (non-hydrogen) atoms. The monoisotopic (exact) mass is 348 g/mol. The maximum absolute atomic E-state index is 12.3. The summed E-state index contributed by atoms with van der Waals surface area (Å²) in [6.07, 6.45) is 3.22. The molecular weight excluding hydrogens is 332 g/mol. The SMILES string of the molecule is Cc1[nH]nc(Cl)c1C(=O)NC1CC(Nc2ncnc3c2COC3)C1. The van der Waals surface area contributed by atoms with E-state index in [0.29, 0.717) is 24.5 Å². The number of nitrogens with one attached hydrogen (secondary N) is 3. The second-order valence-corrected chi connectivity index (χ2v) is 6.50. The first-order valence-electron chi connectivity index (χ1n) is 7.80. The maximum atomic E-state index is 12.3. The number of aromatic nitrogens is 4. The number of hydrogen-bond donors (Lipinski definition) is 3. The van der Waals surface area contributed by atoms with Gasteiger partial charge in [-0.1, -0.05) is 11.6 Å². The van der Waals surface area contributed by atoms with Gasteiger partial charge < -0.3 is 15.4 Å². The Morgan fingerprint density at radius 1 is 1.33 bits per heavy atom. The quantitative estimate of drug-likeness (QED) is 0.774. The Morgan fingerprint density at radius 3 is 2.92 bits per heavy atom. The van der Waals surface area contributed by atoms with Crippen LogP contribution in [0, 0.1) is 6.92 Å². The van der Waals surface area contributed by atoms with Crippen molar-refractivity contribution in [3.8, 4) is 0 Å². The van der Waals surface area contributed by atoms with Gasteiger partial charge in [-0.2, -0.15) is 5.10 Å². The molecule has 0 unspecified atom stereocenters. The van der Waals surface area contributed by atoms with E-state index in [0.717, 1.165) is 29.9 Å². The van der Waals surface area contributed by atoms with Gasteiger partial charge in [0.15, 0.2) is 5.15 Å². The predicted octanol–water partition coefficient (Wildman–Crippen LogP) is 1.56. The molecule has 2 aromatic heterocycles. The largest absolute Gasteiger partial charge is 0.370 e. The van der Waals surface area contributed by atoms with Crippen molar-refractivity contribution < 1.29 is 9.53 Å². The highest BCUT2D eigenvalue weighted by molar-refractivity contribution is 6.32. The second-order valence-electron chi connectivity index (χ2n) is 6.14. The van der Waals surface area contributed by atoms with Crippen LogP contribution in [0.1, 0.15) is 40.2 Å². The first-order valence-corrected chi connectivity index (χ1v) is 8.18. The number of aryl methyl sites for hydroxylation is 1. The van der Waals surface area contributed by atoms with Gasteiger partial charge in [-0.15, -0.1) is 0 Å². The fourth-order valence-corrected chi connectivity index (χ4v) is 3.34. The van der Waals surface area contributed by atoms with E-state index < -0.39 is 0 Å². The minimum atomic E-state index is -0.189. The average Bonchev–Trinajstić information content (AvgIpc) is 3.12. The molecule has 3 N–H and O–H groups in total. The molecule has 9 heteroatoms. The third-order valence-corrected chi connectivity index (χ3v) is 4.74. The molecule has 1 amide bonds. The first-order chi connectivity index (χ1) is 11.6. The van der Waals surface area contributed by atoms with Crippen molar-refractivity contribution in [3.63, 3.8) is 0 Å². The highest BCUT2D eigenvalue weighted by Gasteiger charge is 2.32. The third-order valence-electron chi connectivity index (χ3n) is 4.46. The van der Waals surface area contributed by atoms with E-state index in [1.807, 2.05) is 0 Å². The number of ether oxygens (including phenoxy) is 1. The summed E-state index contributed by atoms with van der Waals surface area (Å²) in [5, 5.41) is 13.1. The fraction of sp³-hybridized carbons (Fsp3) is 0.467. The lowest BCUT2D eigenvalue weighted by molar-refractivity contribution is 0.0912. The van der Waals surface area contributed by atoms with Gasteiger partial charge in [-0.3, -0.25) is 9.89 Å². The van der Waals surface area contributed by atoms with Crippen molar-refractivity contribution in [1.82, 2.24) is 25.5 Å². The zero-order valence-corrected chi connectivity index (χ0v) is 13.9. The molecule has 3 heterocycles. The smallest absolute Gasteiger partial charge is 0.256 e. The van der Waals surface area contributed by atoms with Gasteiger partial charge in [0.1, 0.15) is 12.1 Å². The fourth-order valence-electron chi connectivity index (χ4n) is 3.07. The Labute approximate surface area is 143 Å². The van der Waals surface area contributed by atoms with Crippen molar-refractivity contribution in [2.45, 2.75) is 45.1 Å². The lowest BCUT2D eigenvalue weighted by Crippen LogP contribution is -2.50. The minimum Gasteiger partial charge on any atom is -0.370 e. The van der Waals surface area contributed by atoms with E-state index in [-0.39, 0.29) is 23.1 Å². The summed E-state index contributed by atoms with van der Waals surface area (Å²) in [5.74, 6) is 0.645. The number of halogens is 1. The van der Waals surface area contributed by atoms with Crippen molar-refractivity contribution in [2.24, 2.45) is 0 Å². The van der Waals surface area contributed by atoms with Crippen LogP contribution in [-0.4, -0.2) is 38.2 Å². The molecule has 0 spiro atoms. The summed E-state index contributed by atoms with van der Waals surface area (Å²) < 4.78 is 5.41. The Balaban J connectivity index is 1.33. The van der Waals surface area contributed by atoms with E-state index in [1.165, 1.54) is 0 Å². The van der Waals surface area contributed by atoms with Crippen LogP contribution in [0.5, 0.6) is 0 Å². The number of carbonyl (C=O) groups is 1. The van der Waals surface area contributed by atoms with Crippen molar-refractivity contribution in [2.75, 3.05) is 5.32 Å². The number of H-pyrrole nitrogens is 1. The minimum absolute atomic E-state index is 0.117. The number of amides is 1. The summed E-state index contributed by atoms with van der Waals surface area (Å²) in [5.41, 5.74) is 3.06. The average molecular weight is 349 g/mol. The Morgan fingerprint density at radius 2 is 2.17 bits per heavy atom. The molecule has 4 rings (SSSR count). The second kappa shape index (κ2) is 6.03. The van der Waals surface area contributed by atoms with Gasteiger partial charge >= 0.3 is 0 Å². The highest BCUT2D eigenvalue weighted by atomic mass is 35.5. The molecule has 0 aromatic carbocycles. The molecule has 0 saturated heterocycles. The summed E-state index contributed by atoms with van der Waals surface area (Å²) in [7, 11) is 0. The zero-order chi connectivity index (χ0) is 16.7. The molecule has 1 saturated carbocycles. The highest BCUT2D eigenvalue weighted by Crippen LogP contribution is 2.29. The van der Waals surface area contributed by atoms with E-state index in [2.05, 4.69) is 30.8 Å². The van der Waals surface area contributed by atoms with Crippen LogP contribution in [0.4, 0.5) is 5.82 Å². The summed E-state index contributed by atoms with van der Waals surface area (Å²) in [6.45, 7) is 2.86. The van der Waals surface area contributed by atoms with E-state index in [1.54, 1.807) is 13.3 Å².